The molecule has 27 heavy (non-hydrogen) atoms. The number of H-pyrrole nitrogens is 1. The van der Waals surface area contributed by atoms with Gasteiger partial charge in [0.05, 0.1) is 17.2 Å². The number of hydrogen-bond acceptors (Lipinski definition) is 5. The number of halogens is 3. The van der Waals surface area contributed by atoms with Crippen molar-refractivity contribution in [3.8, 4) is 5.75 Å². The third kappa shape index (κ3) is 3.61. The third-order valence-electron chi connectivity index (χ3n) is 5.43. The zero-order chi connectivity index (χ0) is 19.1. The number of aromatic amines is 1. The zero-order valence-corrected chi connectivity index (χ0v) is 17.8. The first-order chi connectivity index (χ1) is 13.0. The number of nitrogens with one attached hydrogen (secondary N) is 1. The van der Waals surface area contributed by atoms with E-state index < -0.39 is 11.4 Å². The number of benzene rings is 1. The standard InChI is InChI=1S/C18H19BrClFN2O3S/c1-27-18-22-15-11(17(24)23-18)16(13(20)12(19)14(15)21)26-4-2-8-6-9-3-5-25-10(9)7-8/h8-10H,2-7H2,1H3,(H,22,23,24)/t8-,9+,10-/m0/s1. The third-order valence-corrected chi connectivity index (χ3v) is 7.34. The Bertz CT molecular complexity index is 929. The number of fused-ring (bicyclic) bond motifs is 2. The SMILES string of the molecule is CSc1nc2c(F)c(Br)c(Cl)c(OCC[C@H]3C[C@H]4CCO[C@H]4C3)c2c(=O)[nH]1. The molecule has 1 saturated heterocycles. The summed E-state index contributed by atoms with van der Waals surface area (Å²) in [7, 11) is 0. The lowest BCUT2D eigenvalue weighted by atomic mass is 10.0. The van der Waals surface area contributed by atoms with Gasteiger partial charge in [0, 0.05) is 6.61 Å². The summed E-state index contributed by atoms with van der Waals surface area (Å²) >= 11 is 10.7. The predicted octanol–water partition coefficient (Wildman–Crippen LogP) is 4.78. The van der Waals surface area contributed by atoms with E-state index >= 15 is 0 Å². The van der Waals surface area contributed by atoms with Gasteiger partial charge in [-0.1, -0.05) is 23.4 Å². The number of hydrogen-bond donors (Lipinski definition) is 1. The predicted molar refractivity (Wildman–Crippen MR) is 107 cm³/mol. The second-order valence-electron chi connectivity index (χ2n) is 7.00. The van der Waals surface area contributed by atoms with E-state index in [4.69, 9.17) is 21.1 Å². The van der Waals surface area contributed by atoms with Gasteiger partial charge in [-0.15, -0.1) is 0 Å². The van der Waals surface area contributed by atoms with Crippen molar-refractivity contribution >= 4 is 50.2 Å². The summed E-state index contributed by atoms with van der Waals surface area (Å²) in [4.78, 5) is 19.3. The molecule has 2 aromatic rings. The molecule has 1 N–H and O–H groups in total. The number of nitrogens with zero attached hydrogens (tertiary/aromatic N) is 1. The van der Waals surface area contributed by atoms with Crippen molar-refractivity contribution < 1.29 is 13.9 Å². The minimum absolute atomic E-state index is 0.0434. The Morgan fingerprint density at radius 3 is 3.04 bits per heavy atom. The molecule has 1 saturated carbocycles. The largest absolute Gasteiger partial charge is 0.491 e. The molecule has 1 aliphatic carbocycles. The molecule has 146 valence electrons. The maximum Gasteiger partial charge on any atom is 0.263 e. The average Bonchev–Trinajstić information content (AvgIpc) is 3.24. The molecule has 9 heteroatoms. The lowest BCUT2D eigenvalue weighted by Crippen LogP contribution is -2.14. The van der Waals surface area contributed by atoms with Gasteiger partial charge >= 0.3 is 0 Å². The fourth-order valence-corrected chi connectivity index (χ4v) is 5.08. The van der Waals surface area contributed by atoms with Crippen molar-refractivity contribution in [2.45, 2.75) is 36.9 Å². The van der Waals surface area contributed by atoms with Gasteiger partial charge in [-0.3, -0.25) is 4.79 Å². The van der Waals surface area contributed by atoms with Gasteiger partial charge in [-0.25, -0.2) is 9.37 Å². The van der Waals surface area contributed by atoms with E-state index in [1.54, 1.807) is 6.26 Å². The van der Waals surface area contributed by atoms with Crippen molar-refractivity contribution in [1.29, 1.82) is 0 Å². The second kappa shape index (κ2) is 7.89. The Hall–Kier alpha value is -0.830. The van der Waals surface area contributed by atoms with Crippen LogP contribution in [-0.4, -0.2) is 35.5 Å². The highest BCUT2D eigenvalue weighted by Crippen LogP contribution is 2.42. The van der Waals surface area contributed by atoms with E-state index in [1.165, 1.54) is 11.8 Å². The highest BCUT2D eigenvalue weighted by molar-refractivity contribution is 9.10. The van der Waals surface area contributed by atoms with Crippen LogP contribution in [0.15, 0.2) is 14.4 Å². The molecule has 0 amide bonds. The lowest BCUT2D eigenvalue weighted by Gasteiger charge is -2.15. The van der Waals surface area contributed by atoms with Gasteiger partial charge in [-0.05, 0) is 59.7 Å². The Kier molecular flexibility index (Phi) is 5.69. The van der Waals surface area contributed by atoms with Crippen LogP contribution in [0.3, 0.4) is 0 Å². The number of thioether (sulfide) groups is 1. The summed E-state index contributed by atoms with van der Waals surface area (Å²) in [6, 6.07) is 0. The molecular weight excluding hydrogens is 459 g/mol. The normalized spacial score (nSPS) is 24.5. The summed E-state index contributed by atoms with van der Waals surface area (Å²) < 4.78 is 26.3. The number of aromatic nitrogens is 2. The molecule has 4 rings (SSSR count). The van der Waals surface area contributed by atoms with Gasteiger partial charge < -0.3 is 14.5 Å². The molecule has 2 heterocycles. The van der Waals surface area contributed by atoms with Crippen molar-refractivity contribution in [2.75, 3.05) is 19.5 Å². The fourth-order valence-electron chi connectivity index (χ4n) is 4.10. The van der Waals surface area contributed by atoms with Gasteiger partial charge in [0.2, 0.25) is 0 Å². The molecule has 1 aliphatic heterocycles. The topological polar surface area (TPSA) is 64.2 Å². The summed E-state index contributed by atoms with van der Waals surface area (Å²) in [6.45, 7) is 1.28. The Morgan fingerprint density at radius 1 is 1.48 bits per heavy atom. The van der Waals surface area contributed by atoms with Crippen LogP contribution in [0, 0.1) is 17.7 Å². The summed E-state index contributed by atoms with van der Waals surface area (Å²) in [5, 5.41) is 0.435. The molecule has 0 radical (unpaired) electrons. The summed E-state index contributed by atoms with van der Waals surface area (Å²) in [5.41, 5.74) is -0.505. The number of ether oxygens (including phenoxy) is 2. The minimum Gasteiger partial charge on any atom is -0.491 e. The van der Waals surface area contributed by atoms with Gasteiger partial charge in [0.1, 0.15) is 15.9 Å². The van der Waals surface area contributed by atoms with Crippen molar-refractivity contribution in [3.05, 3.63) is 25.7 Å². The summed E-state index contributed by atoms with van der Waals surface area (Å²) in [5.74, 6) is 0.713. The second-order valence-corrected chi connectivity index (χ2v) is 8.97. The fraction of sp³-hybridized carbons (Fsp3) is 0.556. The molecule has 2 aliphatic rings. The first kappa shape index (κ1) is 19.5. The van der Waals surface area contributed by atoms with E-state index in [1.807, 2.05) is 0 Å². The van der Waals surface area contributed by atoms with E-state index in [-0.39, 0.29) is 26.1 Å². The van der Waals surface area contributed by atoms with Gasteiger partial charge in [-0.2, -0.15) is 0 Å². The Balaban J connectivity index is 1.58. The van der Waals surface area contributed by atoms with Crippen LogP contribution >= 0.6 is 39.3 Å². The average molecular weight is 478 g/mol. The molecule has 0 unspecified atom stereocenters. The van der Waals surface area contributed by atoms with Crippen LogP contribution in [0.2, 0.25) is 5.02 Å². The molecule has 0 bridgehead atoms. The van der Waals surface area contributed by atoms with Crippen LogP contribution in [0.5, 0.6) is 5.75 Å². The smallest absolute Gasteiger partial charge is 0.263 e. The van der Waals surface area contributed by atoms with Gasteiger partial charge in [0.25, 0.3) is 5.56 Å². The van der Waals surface area contributed by atoms with Crippen LogP contribution in [0.1, 0.15) is 25.7 Å². The molecule has 2 fully saturated rings. The van der Waals surface area contributed by atoms with Crippen molar-refractivity contribution in [3.63, 3.8) is 0 Å². The van der Waals surface area contributed by atoms with Crippen molar-refractivity contribution in [2.24, 2.45) is 11.8 Å². The van der Waals surface area contributed by atoms with Crippen LogP contribution in [0.25, 0.3) is 10.9 Å². The first-order valence-electron chi connectivity index (χ1n) is 8.88. The molecule has 0 spiro atoms. The van der Waals surface area contributed by atoms with E-state index in [2.05, 4.69) is 25.9 Å². The Morgan fingerprint density at radius 2 is 2.30 bits per heavy atom. The number of rotatable bonds is 5. The molecule has 1 aromatic carbocycles. The molecule has 5 nitrogen and oxygen atoms in total. The van der Waals surface area contributed by atoms with E-state index in [0.717, 1.165) is 32.3 Å². The quantitative estimate of drug-likeness (QED) is 0.381. The highest BCUT2D eigenvalue weighted by Gasteiger charge is 2.38. The molecule has 3 atom stereocenters. The zero-order valence-electron chi connectivity index (χ0n) is 14.7. The molecule has 1 aromatic heterocycles. The Labute approximate surface area is 173 Å². The van der Waals surface area contributed by atoms with Crippen molar-refractivity contribution in [1.82, 2.24) is 9.97 Å². The summed E-state index contributed by atoms with van der Waals surface area (Å²) in [6.07, 6.45) is 6.32. The highest BCUT2D eigenvalue weighted by atomic mass is 79.9. The van der Waals surface area contributed by atoms with Crippen LogP contribution in [-0.2, 0) is 4.74 Å². The van der Waals surface area contributed by atoms with E-state index in [0.29, 0.717) is 29.7 Å². The monoisotopic (exact) mass is 476 g/mol. The van der Waals surface area contributed by atoms with Crippen LogP contribution in [0.4, 0.5) is 4.39 Å². The van der Waals surface area contributed by atoms with Crippen LogP contribution < -0.4 is 10.3 Å². The van der Waals surface area contributed by atoms with E-state index in [9.17, 15) is 9.18 Å². The maximum absolute atomic E-state index is 14.6. The maximum atomic E-state index is 14.6. The molecular formula is C18H19BrClFN2O3S. The lowest BCUT2D eigenvalue weighted by molar-refractivity contribution is 0.0970. The van der Waals surface area contributed by atoms with Gasteiger partial charge in [0.15, 0.2) is 16.7 Å². The minimum atomic E-state index is -0.662. The first-order valence-corrected chi connectivity index (χ1v) is 11.3.